The van der Waals surface area contributed by atoms with Gasteiger partial charge in [0.15, 0.2) is 0 Å². The number of amides is 2. The maximum absolute atomic E-state index is 12.7. The van der Waals surface area contributed by atoms with Crippen molar-refractivity contribution in [1.29, 1.82) is 0 Å². The van der Waals surface area contributed by atoms with Gasteiger partial charge in [0.2, 0.25) is 0 Å². The summed E-state index contributed by atoms with van der Waals surface area (Å²) in [5.41, 5.74) is 8.54. The van der Waals surface area contributed by atoms with Crippen LogP contribution in [-0.2, 0) is 0 Å². The first-order valence-electron chi connectivity index (χ1n) is 8.91. The molecule has 2 amide bonds. The summed E-state index contributed by atoms with van der Waals surface area (Å²) < 4.78 is 1.22. The number of fused-ring (bicyclic) bond motifs is 1. The second-order valence-corrected chi connectivity index (χ2v) is 7.46. The van der Waals surface area contributed by atoms with Gasteiger partial charge >= 0.3 is 0 Å². The number of rotatable bonds is 3. The van der Waals surface area contributed by atoms with Crippen molar-refractivity contribution in [1.82, 2.24) is 19.9 Å². The van der Waals surface area contributed by atoms with Crippen LogP contribution in [0.2, 0.25) is 0 Å². The Morgan fingerprint density at radius 1 is 1.00 bits per heavy atom. The molecule has 9 heteroatoms. The molecule has 146 valence electrons. The summed E-state index contributed by atoms with van der Waals surface area (Å²) in [5.74, 6) is -1.31. The van der Waals surface area contributed by atoms with Crippen molar-refractivity contribution < 1.29 is 9.59 Å². The summed E-state index contributed by atoms with van der Waals surface area (Å²) >= 11 is 1.49. The van der Waals surface area contributed by atoms with Gasteiger partial charge in [0, 0.05) is 35.0 Å². The molecule has 30 heavy (non-hydrogen) atoms. The molecule has 1 aliphatic rings. The van der Waals surface area contributed by atoms with Gasteiger partial charge in [-0.15, -0.1) is 11.3 Å². The number of benzene rings is 1. The molecule has 0 fully saturated rings. The zero-order valence-corrected chi connectivity index (χ0v) is 16.1. The molecule has 0 unspecified atom stereocenters. The topological polar surface area (TPSA) is 120 Å². The van der Waals surface area contributed by atoms with Crippen LogP contribution in [-0.4, -0.2) is 26.3 Å². The van der Waals surface area contributed by atoms with E-state index < -0.39 is 17.4 Å². The molecule has 1 aliphatic heterocycles. The number of nitrogens with zero attached hydrogens (tertiary/aromatic N) is 3. The third kappa shape index (κ3) is 2.80. The first-order valence-corrected chi connectivity index (χ1v) is 9.79. The Balaban J connectivity index is 1.60. The molecule has 5 rings (SSSR count). The first kappa shape index (κ1) is 18.0. The van der Waals surface area contributed by atoms with Gasteiger partial charge in [-0.1, -0.05) is 12.1 Å². The first-order chi connectivity index (χ1) is 14.5. The van der Waals surface area contributed by atoms with Crippen molar-refractivity contribution in [3.05, 3.63) is 81.7 Å². The third-order valence-electron chi connectivity index (χ3n) is 4.77. The van der Waals surface area contributed by atoms with Gasteiger partial charge in [-0.05, 0) is 24.3 Å². The van der Waals surface area contributed by atoms with Crippen LogP contribution in [0.1, 0.15) is 20.7 Å². The Kier molecular flexibility index (Phi) is 4.04. The highest BCUT2D eigenvalue weighted by Gasteiger charge is 2.31. The second-order valence-electron chi connectivity index (χ2n) is 6.61. The number of hydrogen-bond acceptors (Lipinski definition) is 7. The third-order valence-corrected chi connectivity index (χ3v) is 5.66. The number of nitrogen functional groups attached to an aromatic ring is 1. The van der Waals surface area contributed by atoms with Gasteiger partial charge in [-0.25, -0.2) is 4.98 Å². The van der Waals surface area contributed by atoms with E-state index in [0.717, 1.165) is 27.9 Å². The average molecular weight is 415 g/mol. The lowest BCUT2D eigenvalue weighted by molar-refractivity contribution is 0.0880. The van der Waals surface area contributed by atoms with Crippen LogP contribution in [0.5, 0.6) is 0 Å². The smallest absolute Gasteiger partial charge is 0.262 e. The highest BCUT2D eigenvalue weighted by molar-refractivity contribution is 7.13. The molecule has 3 aromatic heterocycles. The molecule has 0 aliphatic carbocycles. The van der Waals surface area contributed by atoms with Crippen LogP contribution in [0.3, 0.4) is 0 Å². The van der Waals surface area contributed by atoms with E-state index in [1.807, 2.05) is 23.6 Å². The molecular weight excluding hydrogens is 402 g/mol. The van der Waals surface area contributed by atoms with Crippen LogP contribution >= 0.6 is 11.3 Å². The van der Waals surface area contributed by atoms with Gasteiger partial charge in [0.1, 0.15) is 10.8 Å². The quantitative estimate of drug-likeness (QED) is 0.496. The van der Waals surface area contributed by atoms with Crippen molar-refractivity contribution in [2.75, 3.05) is 5.73 Å². The summed E-state index contributed by atoms with van der Waals surface area (Å²) in [6.45, 7) is 0. The van der Waals surface area contributed by atoms with E-state index in [2.05, 4.69) is 15.3 Å². The van der Waals surface area contributed by atoms with Crippen LogP contribution in [0.25, 0.3) is 27.5 Å². The van der Waals surface area contributed by atoms with E-state index in [0.29, 0.717) is 5.69 Å². The number of carbonyl (C=O) groups excluding carboxylic acids is 2. The minimum absolute atomic E-state index is 0.00415. The van der Waals surface area contributed by atoms with Crippen LogP contribution in [0.15, 0.2) is 65.0 Å². The highest BCUT2D eigenvalue weighted by atomic mass is 32.1. The average Bonchev–Trinajstić information content (AvgIpc) is 3.34. The summed E-state index contributed by atoms with van der Waals surface area (Å²) in [7, 11) is 0. The number of pyridine rings is 2. The number of hydrogen-bond donors (Lipinski definition) is 2. The number of anilines is 1. The summed E-state index contributed by atoms with van der Waals surface area (Å²) in [6, 6.07) is 12.0. The fraction of sp³-hybridized carbons (Fsp3) is 0. The van der Waals surface area contributed by atoms with E-state index >= 15 is 0 Å². The molecule has 0 saturated heterocycles. The second kappa shape index (κ2) is 6.75. The molecule has 0 spiro atoms. The lowest BCUT2D eigenvalue weighted by Gasteiger charge is -2.12. The summed E-state index contributed by atoms with van der Waals surface area (Å²) in [5, 5.41) is 4.91. The SMILES string of the molecule is Nc1c2c(cc(=O)n1-c1cccc(-c3csc(-c4cccnc4)n3)c1)C(=O)NC2=O. The number of imide groups is 1. The summed E-state index contributed by atoms with van der Waals surface area (Å²) in [6.07, 6.45) is 3.45. The molecule has 1 aromatic carbocycles. The zero-order chi connectivity index (χ0) is 20.8. The van der Waals surface area contributed by atoms with Crippen LogP contribution < -0.4 is 16.6 Å². The van der Waals surface area contributed by atoms with Gasteiger partial charge in [0.25, 0.3) is 17.4 Å². The Morgan fingerprint density at radius 2 is 1.83 bits per heavy atom. The lowest BCUT2D eigenvalue weighted by atomic mass is 10.1. The minimum Gasteiger partial charge on any atom is -0.384 e. The molecule has 4 aromatic rings. The largest absolute Gasteiger partial charge is 0.384 e. The molecule has 0 radical (unpaired) electrons. The Hall–Kier alpha value is -4.11. The van der Waals surface area contributed by atoms with Gasteiger partial charge in [-0.2, -0.15) is 0 Å². The van der Waals surface area contributed by atoms with E-state index in [-0.39, 0.29) is 16.9 Å². The lowest BCUT2D eigenvalue weighted by Crippen LogP contribution is -2.24. The zero-order valence-electron chi connectivity index (χ0n) is 15.3. The van der Waals surface area contributed by atoms with Crippen LogP contribution in [0.4, 0.5) is 5.82 Å². The van der Waals surface area contributed by atoms with E-state index in [9.17, 15) is 14.4 Å². The Morgan fingerprint density at radius 3 is 2.63 bits per heavy atom. The molecular formula is C21H13N5O3S. The maximum atomic E-state index is 12.7. The number of nitrogens with two attached hydrogens (primary N) is 1. The van der Waals surface area contributed by atoms with E-state index in [1.54, 1.807) is 30.6 Å². The Bertz CT molecular complexity index is 1390. The number of aromatic nitrogens is 3. The predicted octanol–water partition coefficient (Wildman–Crippen LogP) is 2.49. The predicted molar refractivity (Wildman–Crippen MR) is 113 cm³/mol. The number of carbonyl (C=O) groups is 2. The standard InChI is InChI=1S/C21H13N5O3S/c22-18-17-14(19(28)25-20(17)29)8-16(27)26(18)13-5-1-3-11(7-13)15-10-30-21(24-15)12-4-2-6-23-9-12/h1-10H,22H2,(H,25,28,29). The number of thiazole rings is 1. The molecule has 3 N–H and O–H groups in total. The normalized spacial score (nSPS) is 12.7. The Labute approximate surface area is 173 Å². The molecule has 8 nitrogen and oxygen atoms in total. The van der Waals surface area contributed by atoms with Crippen molar-refractivity contribution in [2.45, 2.75) is 0 Å². The summed E-state index contributed by atoms with van der Waals surface area (Å²) in [4.78, 5) is 45.4. The van der Waals surface area contributed by atoms with E-state index in [4.69, 9.17) is 5.73 Å². The number of nitrogens with one attached hydrogen (secondary N) is 1. The van der Waals surface area contributed by atoms with Gasteiger partial charge in [-0.3, -0.25) is 29.3 Å². The monoisotopic (exact) mass is 415 g/mol. The van der Waals surface area contributed by atoms with Gasteiger partial charge < -0.3 is 5.73 Å². The fourth-order valence-electron chi connectivity index (χ4n) is 3.38. The van der Waals surface area contributed by atoms with Crippen LogP contribution in [0, 0.1) is 0 Å². The molecule has 4 heterocycles. The maximum Gasteiger partial charge on any atom is 0.262 e. The molecule has 0 atom stereocenters. The molecule has 0 saturated carbocycles. The minimum atomic E-state index is -0.620. The fourth-order valence-corrected chi connectivity index (χ4v) is 4.20. The molecule has 0 bridgehead atoms. The van der Waals surface area contributed by atoms with Crippen molar-refractivity contribution in [3.63, 3.8) is 0 Å². The van der Waals surface area contributed by atoms with Crippen molar-refractivity contribution in [3.8, 4) is 27.5 Å². The highest BCUT2D eigenvalue weighted by Crippen LogP contribution is 2.30. The van der Waals surface area contributed by atoms with Gasteiger partial charge in [0.05, 0.1) is 22.5 Å². The van der Waals surface area contributed by atoms with Crippen molar-refractivity contribution >= 4 is 29.0 Å². The van der Waals surface area contributed by atoms with Crippen molar-refractivity contribution in [2.24, 2.45) is 0 Å². The van der Waals surface area contributed by atoms with E-state index in [1.165, 1.54) is 15.9 Å².